The predicted molar refractivity (Wildman–Crippen MR) is 94.8 cm³/mol. The number of hydrogen-bond acceptors (Lipinski definition) is 4. The third-order valence-corrected chi connectivity index (χ3v) is 4.79. The highest BCUT2D eigenvalue weighted by Gasteiger charge is 2.19. The van der Waals surface area contributed by atoms with E-state index < -0.39 is 0 Å². The number of amides is 1. The topological polar surface area (TPSA) is 41.6 Å². The summed E-state index contributed by atoms with van der Waals surface area (Å²) in [6.07, 6.45) is 0. The first-order valence-electron chi connectivity index (χ1n) is 7.65. The molecular formula is C18H24N2O2S. The van der Waals surface area contributed by atoms with Crippen molar-refractivity contribution >= 4 is 17.2 Å². The third-order valence-electron chi connectivity index (χ3n) is 3.91. The Labute approximate surface area is 142 Å². The number of nitrogens with one attached hydrogen (secondary N) is 1. The highest BCUT2D eigenvalue weighted by molar-refractivity contribution is 7.09. The van der Waals surface area contributed by atoms with Crippen molar-refractivity contribution in [1.29, 1.82) is 0 Å². The van der Waals surface area contributed by atoms with Crippen LogP contribution in [0.25, 0.3) is 0 Å². The summed E-state index contributed by atoms with van der Waals surface area (Å²) < 4.78 is 5.41. The summed E-state index contributed by atoms with van der Waals surface area (Å²) in [4.78, 5) is 15.5. The van der Waals surface area contributed by atoms with Crippen LogP contribution < -0.4 is 10.1 Å². The quantitative estimate of drug-likeness (QED) is 0.846. The molecule has 1 heterocycles. The van der Waals surface area contributed by atoms with Gasteiger partial charge in [0.25, 0.3) is 0 Å². The first kappa shape index (κ1) is 17.5. The van der Waals surface area contributed by atoms with Crippen LogP contribution in [0.5, 0.6) is 5.75 Å². The van der Waals surface area contributed by atoms with E-state index in [1.807, 2.05) is 48.5 Å². The van der Waals surface area contributed by atoms with E-state index >= 15 is 0 Å². The summed E-state index contributed by atoms with van der Waals surface area (Å²) in [5.74, 6) is 0.890. The summed E-state index contributed by atoms with van der Waals surface area (Å²) in [5, 5.41) is 5.00. The van der Waals surface area contributed by atoms with Gasteiger partial charge >= 0.3 is 0 Å². The van der Waals surface area contributed by atoms with Gasteiger partial charge in [-0.3, -0.25) is 9.69 Å². The van der Waals surface area contributed by atoms with Crippen molar-refractivity contribution in [2.24, 2.45) is 0 Å². The first-order valence-corrected chi connectivity index (χ1v) is 8.53. The van der Waals surface area contributed by atoms with E-state index in [1.54, 1.807) is 18.4 Å². The maximum atomic E-state index is 12.3. The average molecular weight is 332 g/mol. The van der Waals surface area contributed by atoms with Crippen LogP contribution in [0.15, 0.2) is 35.7 Å². The van der Waals surface area contributed by atoms with Crippen molar-refractivity contribution in [2.75, 3.05) is 14.2 Å². The van der Waals surface area contributed by atoms with E-state index in [0.29, 0.717) is 13.1 Å². The molecule has 23 heavy (non-hydrogen) atoms. The molecule has 5 heteroatoms. The Morgan fingerprint density at radius 1 is 1.39 bits per heavy atom. The number of rotatable bonds is 7. The van der Waals surface area contributed by atoms with Gasteiger partial charge in [-0.05, 0) is 38.4 Å². The smallest absolute Gasteiger partial charge is 0.237 e. The van der Waals surface area contributed by atoms with Crippen LogP contribution >= 0.6 is 11.3 Å². The molecule has 1 amide bonds. The Morgan fingerprint density at radius 2 is 2.17 bits per heavy atom. The van der Waals surface area contributed by atoms with Gasteiger partial charge in [0.1, 0.15) is 5.75 Å². The van der Waals surface area contributed by atoms with E-state index in [0.717, 1.165) is 16.2 Å². The first-order chi connectivity index (χ1) is 11.0. The largest absolute Gasteiger partial charge is 0.496 e. The third kappa shape index (κ3) is 4.81. The molecular weight excluding hydrogens is 308 g/mol. The summed E-state index contributed by atoms with van der Waals surface area (Å²) >= 11 is 1.65. The molecule has 124 valence electrons. The van der Waals surface area contributed by atoms with Crippen molar-refractivity contribution in [3.05, 3.63) is 51.7 Å². The number of thiophene rings is 1. The Hall–Kier alpha value is -1.85. The Morgan fingerprint density at radius 3 is 2.83 bits per heavy atom. The van der Waals surface area contributed by atoms with Crippen molar-refractivity contribution in [2.45, 2.75) is 33.0 Å². The van der Waals surface area contributed by atoms with Gasteiger partial charge in [0, 0.05) is 17.0 Å². The predicted octanol–water partition coefficient (Wildman–Crippen LogP) is 3.20. The lowest BCUT2D eigenvalue weighted by atomic mass is 10.1. The minimum absolute atomic E-state index is 0.0347. The van der Waals surface area contributed by atoms with Gasteiger partial charge in [0.2, 0.25) is 5.91 Å². The molecule has 2 rings (SSSR count). The van der Waals surface area contributed by atoms with Gasteiger partial charge in [-0.25, -0.2) is 0 Å². The lowest BCUT2D eigenvalue weighted by Crippen LogP contribution is -2.42. The van der Waals surface area contributed by atoms with Crippen molar-refractivity contribution < 1.29 is 9.53 Å². The Kier molecular flexibility index (Phi) is 6.19. The number of nitrogens with zero attached hydrogens (tertiary/aromatic N) is 1. The second-order valence-corrected chi connectivity index (χ2v) is 6.74. The standard InChI is InChI=1S/C18H24N2O2S/c1-13-7-8-17(22-4)15(10-13)12-20(3)14(2)18(21)19-11-16-6-5-9-23-16/h5-10,14H,11-12H2,1-4H3,(H,19,21)/t14-/m1/s1. The average Bonchev–Trinajstić information content (AvgIpc) is 3.05. The Bertz CT molecular complexity index is 640. The molecule has 0 fully saturated rings. The van der Waals surface area contributed by atoms with Gasteiger partial charge in [0.15, 0.2) is 0 Å². The van der Waals surface area contributed by atoms with Crippen LogP contribution in [0.4, 0.5) is 0 Å². The van der Waals surface area contributed by atoms with Gasteiger partial charge < -0.3 is 10.1 Å². The van der Waals surface area contributed by atoms with E-state index in [2.05, 4.69) is 18.3 Å². The summed E-state index contributed by atoms with van der Waals surface area (Å²) in [6, 6.07) is 9.91. The molecule has 4 nitrogen and oxygen atoms in total. The number of likely N-dealkylation sites (N-methyl/N-ethyl adjacent to an activating group) is 1. The second kappa shape index (κ2) is 8.13. The minimum atomic E-state index is -0.208. The van der Waals surface area contributed by atoms with E-state index in [1.165, 1.54) is 5.56 Å². The molecule has 0 aliphatic rings. The molecule has 0 unspecified atom stereocenters. The van der Waals surface area contributed by atoms with E-state index in [9.17, 15) is 4.79 Å². The SMILES string of the molecule is COc1ccc(C)cc1CN(C)[C@H](C)C(=O)NCc1cccs1. The lowest BCUT2D eigenvalue weighted by Gasteiger charge is -2.24. The zero-order valence-electron chi connectivity index (χ0n) is 14.1. The number of carbonyl (C=O) groups is 1. The van der Waals surface area contributed by atoms with Crippen LogP contribution in [0.2, 0.25) is 0 Å². The van der Waals surface area contributed by atoms with Crippen molar-refractivity contribution in [1.82, 2.24) is 10.2 Å². The van der Waals surface area contributed by atoms with Crippen LogP contribution in [0.1, 0.15) is 22.9 Å². The van der Waals surface area contributed by atoms with Crippen LogP contribution in [0.3, 0.4) is 0 Å². The summed E-state index contributed by atoms with van der Waals surface area (Å²) in [5.41, 5.74) is 2.27. The normalized spacial score (nSPS) is 12.2. The van der Waals surface area contributed by atoms with Crippen molar-refractivity contribution in [3.8, 4) is 5.75 Å². The van der Waals surface area contributed by atoms with Gasteiger partial charge in [-0.15, -0.1) is 11.3 Å². The highest BCUT2D eigenvalue weighted by Crippen LogP contribution is 2.21. The molecule has 1 aromatic carbocycles. The van der Waals surface area contributed by atoms with Gasteiger partial charge in [-0.2, -0.15) is 0 Å². The van der Waals surface area contributed by atoms with Crippen LogP contribution in [0, 0.1) is 6.92 Å². The molecule has 2 aromatic rings. The number of hydrogen-bond donors (Lipinski definition) is 1. The van der Waals surface area contributed by atoms with Gasteiger partial charge in [-0.1, -0.05) is 23.8 Å². The molecule has 0 saturated heterocycles. The molecule has 1 aromatic heterocycles. The summed E-state index contributed by atoms with van der Waals surface area (Å²) in [7, 11) is 3.63. The Balaban J connectivity index is 1.95. The van der Waals surface area contributed by atoms with Gasteiger partial charge in [0.05, 0.1) is 19.7 Å². The number of benzene rings is 1. The molecule has 0 aliphatic heterocycles. The highest BCUT2D eigenvalue weighted by atomic mass is 32.1. The fraction of sp³-hybridized carbons (Fsp3) is 0.389. The van der Waals surface area contributed by atoms with E-state index in [-0.39, 0.29) is 11.9 Å². The number of methoxy groups -OCH3 is 1. The molecule has 0 spiro atoms. The minimum Gasteiger partial charge on any atom is -0.496 e. The molecule has 0 bridgehead atoms. The maximum Gasteiger partial charge on any atom is 0.237 e. The zero-order chi connectivity index (χ0) is 16.8. The number of ether oxygens (including phenoxy) is 1. The number of aryl methyl sites for hydroxylation is 1. The van der Waals surface area contributed by atoms with Crippen LogP contribution in [-0.2, 0) is 17.9 Å². The zero-order valence-corrected chi connectivity index (χ0v) is 14.9. The fourth-order valence-electron chi connectivity index (χ4n) is 2.37. The van der Waals surface area contributed by atoms with E-state index in [4.69, 9.17) is 4.74 Å². The number of carbonyl (C=O) groups excluding carboxylic acids is 1. The molecule has 0 aliphatic carbocycles. The summed E-state index contributed by atoms with van der Waals surface area (Å²) in [6.45, 7) is 5.23. The van der Waals surface area contributed by atoms with Crippen molar-refractivity contribution in [3.63, 3.8) is 0 Å². The second-order valence-electron chi connectivity index (χ2n) is 5.70. The molecule has 1 N–H and O–H groups in total. The van der Waals surface area contributed by atoms with Crippen LogP contribution in [-0.4, -0.2) is 31.0 Å². The molecule has 0 radical (unpaired) electrons. The monoisotopic (exact) mass is 332 g/mol. The molecule has 0 saturated carbocycles. The fourth-order valence-corrected chi connectivity index (χ4v) is 3.02. The maximum absolute atomic E-state index is 12.3. The lowest BCUT2D eigenvalue weighted by molar-refractivity contribution is -0.125. The molecule has 1 atom stereocenters.